The van der Waals surface area contributed by atoms with Crippen molar-refractivity contribution in [2.75, 3.05) is 18.5 Å². The molecule has 6 rings (SSSR count). The molecule has 0 heterocycles. The molecule has 0 aliphatic rings. The van der Waals surface area contributed by atoms with Gasteiger partial charge in [0.1, 0.15) is 0 Å². The summed E-state index contributed by atoms with van der Waals surface area (Å²) in [4.78, 5) is 4.90. The smallest absolute Gasteiger partial charge is 0.0446 e. The van der Waals surface area contributed by atoms with E-state index in [1.165, 1.54) is 70.4 Å². The van der Waals surface area contributed by atoms with E-state index in [-0.39, 0.29) is 5.92 Å². The maximum Gasteiger partial charge on any atom is 0.0446 e. The number of unbranched alkanes of at least 4 members (excludes halogenated alkanes) is 2. The molecule has 262 valence electrons. The van der Waals surface area contributed by atoms with Crippen molar-refractivity contribution in [1.82, 2.24) is 4.90 Å². The third-order valence-electron chi connectivity index (χ3n) is 9.55. The molecule has 0 bridgehead atoms. The number of nitrogens with zero attached hydrogens (tertiary/aromatic N) is 2. The summed E-state index contributed by atoms with van der Waals surface area (Å²) in [6.07, 6.45) is 7.20. The van der Waals surface area contributed by atoms with Crippen LogP contribution in [0.2, 0.25) is 0 Å². The van der Waals surface area contributed by atoms with Crippen LogP contribution >= 0.6 is 0 Å². The van der Waals surface area contributed by atoms with Gasteiger partial charge in [-0.25, -0.2) is 0 Å². The van der Waals surface area contributed by atoms with E-state index in [0.29, 0.717) is 0 Å². The second kappa shape index (κ2) is 20.7. The van der Waals surface area contributed by atoms with E-state index >= 15 is 0 Å². The van der Waals surface area contributed by atoms with Crippen molar-refractivity contribution in [2.45, 2.75) is 71.4 Å². The SMILES string of the molecule is CCCCc1cccc(N(CC(c2ccccc2)c2ccccc2)c2ccccc2)c1CCCC.CN(Cc1ccccc1)Cc1ccccc1. The normalized spacial score (nSPS) is 10.9. The van der Waals surface area contributed by atoms with Crippen molar-refractivity contribution in [3.63, 3.8) is 0 Å². The number of anilines is 2. The number of aryl methyl sites for hydroxylation is 1. The van der Waals surface area contributed by atoms with Crippen LogP contribution < -0.4 is 4.90 Å². The van der Waals surface area contributed by atoms with Gasteiger partial charge in [0.2, 0.25) is 0 Å². The maximum absolute atomic E-state index is 2.57. The number of para-hydroxylation sites is 1. The van der Waals surface area contributed by atoms with Gasteiger partial charge in [-0.1, -0.05) is 178 Å². The minimum Gasteiger partial charge on any atom is -0.340 e. The van der Waals surface area contributed by atoms with Crippen LogP contribution in [0.3, 0.4) is 0 Å². The first-order valence-corrected chi connectivity index (χ1v) is 19.0. The minimum absolute atomic E-state index is 0.274. The lowest BCUT2D eigenvalue weighted by Crippen LogP contribution is -2.26. The third-order valence-corrected chi connectivity index (χ3v) is 9.55. The summed E-state index contributed by atoms with van der Waals surface area (Å²) in [6.45, 7) is 7.47. The van der Waals surface area contributed by atoms with Crippen molar-refractivity contribution in [3.05, 3.63) is 203 Å². The summed E-state index contributed by atoms with van der Waals surface area (Å²) < 4.78 is 0. The van der Waals surface area contributed by atoms with Gasteiger partial charge in [-0.3, -0.25) is 4.90 Å². The number of benzene rings is 6. The summed E-state index contributed by atoms with van der Waals surface area (Å²) in [5, 5.41) is 0. The fourth-order valence-corrected chi connectivity index (χ4v) is 6.87. The van der Waals surface area contributed by atoms with Crippen LogP contribution in [0.25, 0.3) is 0 Å². The second-order valence-electron chi connectivity index (χ2n) is 13.6. The molecule has 0 fully saturated rings. The molecule has 0 atom stereocenters. The molecular formula is C49H56N2. The lowest BCUT2D eigenvalue weighted by molar-refractivity contribution is 0.319. The highest BCUT2D eigenvalue weighted by atomic mass is 15.1. The summed E-state index contributed by atoms with van der Waals surface area (Å²) >= 11 is 0. The van der Waals surface area contributed by atoms with Gasteiger partial charge in [0.25, 0.3) is 0 Å². The van der Waals surface area contributed by atoms with E-state index in [1.54, 1.807) is 0 Å². The molecule has 0 aliphatic carbocycles. The standard InChI is InChI=1S/C34H39N.C15H17N/c1-3-5-17-28-22-16-26-34(32(28)25-6-4-2)35(31-23-14-9-15-24-31)27-33(29-18-10-7-11-19-29)30-20-12-8-13-21-30;1-16(12-14-8-4-2-5-9-14)13-15-10-6-3-7-11-15/h7-16,18-24,26,33H,3-6,17,25,27H2,1-2H3;2-11H,12-13H2,1H3. The lowest BCUT2D eigenvalue weighted by atomic mass is 9.89. The van der Waals surface area contributed by atoms with Crippen molar-refractivity contribution < 1.29 is 0 Å². The average molecular weight is 673 g/mol. The first-order valence-electron chi connectivity index (χ1n) is 19.0. The Labute approximate surface area is 308 Å². The molecule has 51 heavy (non-hydrogen) atoms. The highest BCUT2D eigenvalue weighted by Gasteiger charge is 2.22. The van der Waals surface area contributed by atoms with Crippen LogP contribution in [0.4, 0.5) is 11.4 Å². The van der Waals surface area contributed by atoms with Gasteiger partial charge in [-0.2, -0.15) is 0 Å². The van der Waals surface area contributed by atoms with Crippen LogP contribution in [0.1, 0.15) is 78.8 Å². The van der Waals surface area contributed by atoms with E-state index in [2.05, 4.69) is 201 Å². The van der Waals surface area contributed by atoms with Crippen molar-refractivity contribution >= 4 is 11.4 Å². The first kappa shape index (κ1) is 37.3. The Morgan fingerprint density at radius 3 is 1.41 bits per heavy atom. The highest BCUT2D eigenvalue weighted by molar-refractivity contribution is 5.68. The van der Waals surface area contributed by atoms with Gasteiger partial charge in [-0.05, 0) is 84.3 Å². The van der Waals surface area contributed by atoms with Crippen molar-refractivity contribution in [1.29, 1.82) is 0 Å². The molecule has 0 saturated carbocycles. The molecule has 6 aromatic rings. The van der Waals surface area contributed by atoms with Gasteiger partial charge >= 0.3 is 0 Å². The van der Waals surface area contributed by atoms with Crippen molar-refractivity contribution in [3.8, 4) is 0 Å². The summed E-state index contributed by atoms with van der Waals surface area (Å²) in [5.41, 5.74) is 11.1. The number of hydrogen-bond donors (Lipinski definition) is 0. The molecule has 0 spiro atoms. The molecular weight excluding hydrogens is 617 g/mol. The highest BCUT2D eigenvalue weighted by Crippen LogP contribution is 2.36. The number of rotatable bonds is 16. The Hall–Kier alpha value is -4.92. The average Bonchev–Trinajstić information content (AvgIpc) is 3.19. The Bertz CT molecular complexity index is 1710. The molecule has 0 amide bonds. The maximum atomic E-state index is 2.57. The van der Waals surface area contributed by atoms with Crippen molar-refractivity contribution in [2.24, 2.45) is 0 Å². The summed E-state index contributed by atoms with van der Waals surface area (Å²) in [6, 6.07) is 61.0. The molecule has 6 aromatic carbocycles. The van der Waals surface area contributed by atoms with Gasteiger partial charge < -0.3 is 4.90 Å². The van der Waals surface area contributed by atoms with Gasteiger partial charge in [0, 0.05) is 36.9 Å². The fourth-order valence-electron chi connectivity index (χ4n) is 6.87. The van der Waals surface area contributed by atoms with Gasteiger partial charge in [0.05, 0.1) is 0 Å². The molecule has 0 radical (unpaired) electrons. The van der Waals surface area contributed by atoms with E-state index < -0.39 is 0 Å². The molecule has 0 aliphatic heterocycles. The van der Waals surface area contributed by atoms with E-state index in [9.17, 15) is 0 Å². The Morgan fingerprint density at radius 1 is 0.471 bits per heavy atom. The topological polar surface area (TPSA) is 6.48 Å². The second-order valence-corrected chi connectivity index (χ2v) is 13.6. The lowest BCUT2D eigenvalue weighted by Gasteiger charge is -2.33. The van der Waals surface area contributed by atoms with Crippen LogP contribution in [0.15, 0.2) is 170 Å². The monoisotopic (exact) mass is 672 g/mol. The zero-order chi connectivity index (χ0) is 35.5. The minimum atomic E-state index is 0.274. The van der Waals surface area contributed by atoms with E-state index in [4.69, 9.17) is 0 Å². The summed E-state index contributed by atoms with van der Waals surface area (Å²) in [5.74, 6) is 0.274. The largest absolute Gasteiger partial charge is 0.340 e. The van der Waals surface area contributed by atoms with Gasteiger partial charge in [0.15, 0.2) is 0 Å². The van der Waals surface area contributed by atoms with Crippen LogP contribution in [0, 0.1) is 0 Å². The molecule has 0 saturated heterocycles. The van der Waals surface area contributed by atoms with E-state index in [0.717, 1.165) is 32.5 Å². The van der Waals surface area contributed by atoms with Crippen LogP contribution in [-0.2, 0) is 25.9 Å². The Kier molecular flexibility index (Phi) is 15.1. The quantitative estimate of drug-likeness (QED) is 0.101. The first-order chi connectivity index (χ1) is 25.2. The van der Waals surface area contributed by atoms with Gasteiger partial charge in [-0.15, -0.1) is 0 Å². The summed E-state index contributed by atoms with van der Waals surface area (Å²) in [7, 11) is 2.15. The van der Waals surface area contributed by atoms with Crippen LogP contribution in [0.5, 0.6) is 0 Å². The fraction of sp³-hybridized carbons (Fsp3) is 0.265. The van der Waals surface area contributed by atoms with E-state index in [1.807, 2.05) is 0 Å². The molecule has 0 N–H and O–H groups in total. The zero-order valence-electron chi connectivity index (χ0n) is 31.0. The molecule has 2 nitrogen and oxygen atoms in total. The zero-order valence-corrected chi connectivity index (χ0v) is 31.0. The molecule has 0 unspecified atom stereocenters. The Balaban J connectivity index is 0.000000262. The van der Waals surface area contributed by atoms with Crippen LogP contribution in [-0.4, -0.2) is 18.5 Å². The molecule has 2 heteroatoms. The number of hydrogen-bond acceptors (Lipinski definition) is 2. The Morgan fingerprint density at radius 2 is 0.922 bits per heavy atom. The predicted octanol–water partition coefficient (Wildman–Crippen LogP) is 12.7. The predicted molar refractivity (Wildman–Crippen MR) is 220 cm³/mol. The molecule has 0 aromatic heterocycles. The third kappa shape index (κ3) is 11.6.